The Hall–Kier alpha value is -1.56. The van der Waals surface area contributed by atoms with Gasteiger partial charge in [0.25, 0.3) is 0 Å². The molecule has 1 fully saturated rings. The molecular formula is C12H20N4O2. The van der Waals surface area contributed by atoms with Gasteiger partial charge in [-0.05, 0) is 12.8 Å². The fraction of sp³-hybridized carbons (Fsp3) is 0.667. The van der Waals surface area contributed by atoms with E-state index in [2.05, 4.69) is 14.9 Å². The maximum absolute atomic E-state index is 6.06. The standard InChI is InChI=1S/C12H20N4O2/c1-3-6-18-12-10(13)11(14-8-15-12)16-5-4-9(7-16)17-2/h8-9H,3-7,13H2,1-2H3. The highest BCUT2D eigenvalue weighted by molar-refractivity contribution is 5.68. The summed E-state index contributed by atoms with van der Waals surface area (Å²) in [6, 6.07) is 0. The Kier molecular flexibility index (Phi) is 4.19. The molecule has 1 saturated heterocycles. The number of aromatic nitrogens is 2. The summed E-state index contributed by atoms with van der Waals surface area (Å²) in [6.45, 7) is 4.36. The first-order valence-electron chi connectivity index (χ1n) is 6.27. The van der Waals surface area contributed by atoms with Crippen molar-refractivity contribution in [2.45, 2.75) is 25.9 Å². The molecule has 0 spiro atoms. The van der Waals surface area contributed by atoms with Gasteiger partial charge in [-0.3, -0.25) is 0 Å². The number of nitrogens with two attached hydrogens (primary N) is 1. The highest BCUT2D eigenvalue weighted by Gasteiger charge is 2.25. The zero-order valence-corrected chi connectivity index (χ0v) is 10.9. The van der Waals surface area contributed by atoms with E-state index in [9.17, 15) is 0 Å². The largest absolute Gasteiger partial charge is 0.476 e. The third-order valence-electron chi connectivity index (χ3n) is 3.05. The quantitative estimate of drug-likeness (QED) is 0.845. The van der Waals surface area contributed by atoms with Crippen LogP contribution >= 0.6 is 0 Å². The van der Waals surface area contributed by atoms with Crippen LogP contribution in [0.25, 0.3) is 0 Å². The number of anilines is 2. The molecule has 100 valence electrons. The van der Waals surface area contributed by atoms with Gasteiger partial charge >= 0.3 is 0 Å². The van der Waals surface area contributed by atoms with Crippen molar-refractivity contribution in [3.05, 3.63) is 6.33 Å². The van der Waals surface area contributed by atoms with E-state index in [1.807, 2.05) is 6.92 Å². The predicted octanol–water partition coefficient (Wildman–Crippen LogP) is 1.07. The maximum atomic E-state index is 6.06. The Morgan fingerprint density at radius 2 is 2.33 bits per heavy atom. The van der Waals surface area contributed by atoms with Crippen LogP contribution in [-0.2, 0) is 4.74 Å². The first kappa shape index (κ1) is 12.9. The first-order chi connectivity index (χ1) is 8.76. The number of hydrogen-bond acceptors (Lipinski definition) is 6. The summed E-state index contributed by atoms with van der Waals surface area (Å²) in [5, 5.41) is 0. The lowest BCUT2D eigenvalue weighted by molar-refractivity contribution is 0.121. The van der Waals surface area contributed by atoms with Crippen molar-refractivity contribution >= 4 is 11.5 Å². The molecule has 1 aromatic heterocycles. The molecule has 6 heteroatoms. The number of ether oxygens (including phenoxy) is 2. The maximum Gasteiger partial charge on any atom is 0.242 e. The normalized spacial score (nSPS) is 19.2. The van der Waals surface area contributed by atoms with Gasteiger partial charge in [-0.25, -0.2) is 4.98 Å². The van der Waals surface area contributed by atoms with Gasteiger partial charge in [0.2, 0.25) is 5.88 Å². The second-order valence-corrected chi connectivity index (χ2v) is 4.36. The second-order valence-electron chi connectivity index (χ2n) is 4.36. The molecule has 6 nitrogen and oxygen atoms in total. The van der Waals surface area contributed by atoms with Crippen LogP contribution in [0.15, 0.2) is 6.33 Å². The predicted molar refractivity (Wildman–Crippen MR) is 69.9 cm³/mol. The monoisotopic (exact) mass is 252 g/mol. The van der Waals surface area contributed by atoms with Gasteiger partial charge in [-0.1, -0.05) is 6.92 Å². The van der Waals surface area contributed by atoms with Crippen molar-refractivity contribution in [3.8, 4) is 5.88 Å². The summed E-state index contributed by atoms with van der Waals surface area (Å²) in [5.41, 5.74) is 6.57. The molecule has 1 unspecified atom stereocenters. The minimum atomic E-state index is 0.249. The van der Waals surface area contributed by atoms with E-state index < -0.39 is 0 Å². The minimum Gasteiger partial charge on any atom is -0.476 e. The molecule has 1 aromatic rings. The van der Waals surface area contributed by atoms with Crippen LogP contribution in [0.5, 0.6) is 5.88 Å². The van der Waals surface area contributed by atoms with Crippen molar-refractivity contribution in [2.75, 3.05) is 37.4 Å². The van der Waals surface area contributed by atoms with Gasteiger partial charge < -0.3 is 20.1 Å². The summed E-state index contributed by atoms with van der Waals surface area (Å²) in [7, 11) is 1.73. The topological polar surface area (TPSA) is 73.5 Å². The minimum absolute atomic E-state index is 0.249. The van der Waals surface area contributed by atoms with Crippen molar-refractivity contribution in [1.82, 2.24) is 9.97 Å². The van der Waals surface area contributed by atoms with Gasteiger partial charge in [0.15, 0.2) is 5.82 Å². The van der Waals surface area contributed by atoms with Crippen LogP contribution < -0.4 is 15.4 Å². The average Bonchev–Trinajstić information content (AvgIpc) is 2.86. The molecule has 1 aliphatic heterocycles. The smallest absolute Gasteiger partial charge is 0.242 e. The summed E-state index contributed by atoms with van der Waals surface area (Å²) in [4.78, 5) is 10.4. The molecular weight excluding hydrogens is 232 g/mol. The number of nitrogens with zero attached hydrogens (tertiary/aromatic N) is 3. The van der Waals surface area contributed by atoms with Gasteiger partial charge in [-0.15, -0.1) is 0 Å². The van der Waals surface area contributed by atoms with E-state index in [0.717, 1.165) is 31.7 Å². The van der Waals surface area contributed by atoms with E-state index in [4.69, 9.17) is 15.2 Å². The van der Waals surface area contributed by atoms with Crippen molar-refractivity contribution in [2.24, 2.45) is 0 Å². The van der Waals surface area contributed by atoms with Crippen LogP contribution in [-0.4, -0.2) is 42.9 Å². The van der Waals surface area contributed by atoms with E-state index in [1.54, 1.807) is 7.11 Å². The van der Waals surface area contributed by atoms with Crippen LogP contribution in [0.1, 0.15) is 19.8 Å². The highest BCUT2D eigenvalue weighted by atomic mass is 16.5. The van der Waals surface area contributed by atoms with E-state index in [-0.39, 0.29) is 6.10 Å². The zero-order valence-electron chi connectivity index (χ0n) is 10.9. The number of methoxy groups -OCH3 is 1. The molecule has 0 saturated carbocycles. The van der Waals surface area contributed by atoms with Gasteiger partial charge in [-0.2, -0.15) is 4.98 Å². The molecule has 0 aliphatic carbocycles. The van der Waals surface area contributed by atoms with E-state index >= 15 is 0 Å². The van der Waals surface area contributed by atoms with Gasteiger partial charge in [0, 0.05) is 20.2 Å². The Balaban J connectivity index is 2.13. The number of hydrogen-bond donors (Lipinski definition) is 1. The Bertz CT molecular complexity index is 400. The van der Waals surface area contributed by atoms with Crippen LogP contribution in [0.3, 0.4) is 0 Å². The van der Waals surface area contributed by atoms with Crippen LogP contribution in [0.4, 0.5) is 11.5 Å². The van der Waals surface area contributed by atoms with E-state index in [0.29, 0.717) is 18.2 Å². The first-order valence-corrected chi connectivity index (χ1v) is 6.27. The fourth-order valence-corrected chi connectivity index (χ4v) is 2.05. The number of rotatable bonds is 5. The lowest BCUT2D eigenvalue weighted by Gasteiger charge is -2.19. The second kappa shape index (κ2) is 5.86. The van der Waals surface area contributed by atoms with Gasteiger partial charge in [0.05, 0.1) is 12.7 Å². The molecule has 0 aromatic carbocycles. The molecule has 2 N–H and O–H groups in total. The summed E-state index contributed by atoms with van der Waals surface area (Å²) in [6.07, 6.45) is 3.66. The molecule has 2 heterocycles. The molecule has 0 bridgehead atoms. The summed E-state index contributed by atoms with van der Waals surface area (Å²) < 4.78 is 10.8. The number of nitrogen functional groups attached to an aromatic ring is 1. The SMILES string of the molecule is CCCOc1ncnc(N2CCC(OC)C2)c1N. The Morgan fingerprint density at radius 3 is 3.00 bits per heavy atom. The third kappa shape index (κ3) is 2.64. The molecule has 0 amide bonds. The fourth-order valence-electron chi connectivity index (χ4n) is 2.05. The molecule has 2 rings (SSSR count). The molecule has 1 aliphatic rings. The Labute approximate surface area is 107 Å². The van der Waals surface area contributed by atoms with Crippen molar-refractivity contribution in [1.29, 1.82) is 0 Å². The molecule has 1 atom stereocenters. The average molecular weight is 252 g/mol. The lowest BCUT2D eigenvalue weighted by atomic mass is 10.3. The molecule has 0 radical (unpaired) electrons. The zero-order chi connectivity index (χ0) is 13.0. The third-order valence-corrected chi connectivity index (χ3v) is 3.05. The lowest BCUT2D eigenvalue weighted by Crippen LogP contribution is -2.24. The van der Waals surface area contributed by atoms with Gasteiger partial charge in [0.1, 0.15) is 12.0 Å². The summed E-state index contributed by atoms with van der Waals surface area (Å²) >= 11 is 0. The van der Waals surface area contributed by atoms with E-state index in [1.165, 1.54) is 6.33 Å². The van der Waals surface area contributed by atoms with Crippen molar-refractivity contribution < 1.29 is 9.47 Å². The highest BCUT2D eigenvalue weighted by Crippen LogP contribution is 2.30. The van der Waals surface area contributed by atoms with Crippen LogP contribution in [0.2, 0.25) is 0 Å². The van der Waals surface area contributed by atoms with Crippen LogP contribution in [0, 0.1) is 0 Å². The molecule has 18 heavy (non-hydrogen) atoms. The summed E-state index contributed by atoms with van der Waals surface area (Å²) in [5.74, 6) is 1.22. The Morgan fingerprint density at radius 1 is 1.50 bits per heavy atom. The van der Waals surface area contributed by atoms with Crippen molar-refractivity contribution in [3.63, 3.8) is 0 Å².